The number of likely N-dealkylation sites (N-methyl/N-ethyl adjacent to an activating group) is 1. The maximum Gasteiger partial charge on any atom is 0.416 e. The molecule has 0 spiro atoms. The average Bonchev–Trinajstić information content (AvgIpc) is 2.87. The number of anilines is 2. The Morgan fingerprint density at radius 2 is 1.67 bits per heavy atom. The highest BCUT2D eigenvalue weighted by Crippen LogP contribution is 2.32. The maximum absolute atomic E-state index is 13.1. The summed E-state index contributed by atoms with van der Waals surface area (Å²) >= 11 is 0. The van der Waals surface area contributed by atoms with E-state index in [0.717, 1.165) is 42.0 Å². The Morgan fingerprint density at radius 3 is 2.33 bits per heavy atom. The van der Waals surface area contributed by atoms with Crippen LogP contribution in [0.2, 0.25) is 0 Å². The molecule has 1 aromatic heterocycles. The summed E-state index contributed by atoms with van der Waals surface area (Å²) in [6.07, 6.45) is -1.81. The van der Waals surface area contributed by atoms with Gasteiger partial charge in [0.2, 0.25) is 0 Å². The zero-order valence-corrected chi connectivity index (χ0v) is 20.0. The molecule has 0 aliphatic carbocycles. The summed E-state index contributed by atoms with van der Waals surface area (Å²) in [6, 6.07) is 23.3. The van der Waals surface area contributed by atoms with Crippen LogP contribution in [0.1, 0.15) is 27.2 Å². The zero-order valence-electron chi connectivity index (χ0n) is 20.0. The van der Waals surface area contributed by atoms with Crippen LogP contribution in [-0.2, 0) is 12.6 Å². The fourth-order valence-electron chi connectivity index (χ4n) is 4.08. The van der Waals surface area contributed by atoms with Gasteiger partial charge in [0.25, 0.3) is 5.91 Å². The summed E-state index contributed by atoms with van der Waals surface area (Å²) in [4.78, 5) is 19.6. The van der Waals surface area contributed by atoms with Crippen molar-refractivity contribution in [1.29, 1.82) is 0 Å². The van der Waals surface area contributed by atoms with E-state index in [1.54, 1.807) is 30.5 Å². The number of rotatable bonds is 7. The van der Waals surface area contributed by atoms with Crippen LogP contribution in [0.3, 0.4) is 0 Å². The molecule has 1 heterocycles. The van der Waals surface area contributed by atoms with Crippen molar-refractivity contribution in [3.63, 3.8) is 0 Å². The summed E-state index contributed by atoms with van der Waals surface area (Å²) in [5.74, 6) is -0.332. The monoisotopic (exact) mass is 489 g/mol. The number of nitrogens with one attached hydrogen (secondary N) is 1. The number of amides is 1. The topological polar surface area (TPSA) is 45.2 Å². The summed E-state index contributed by atoms with van der Waals surface area (Å²) in [7, 11) is 2.02. The SMILES string of the molecule is Cc1cc(NC(=O)c2ccccc2-c2ccc(C(F)(F)F)cc2)ccc1N(C)CCc1ccccn1. The molecule has 0 saturated carbocycles. The van der Waals surface area contributed by atoms with Crippen molar-refractivity contribution in [2.24, 2.45) is 0 Å². The molecule has 36 heavy (non-hydrogen) atoms. The molecular formula is C29H26F3N3O. The Balaban J connectivity index is 1.48. The lowest BCUT2D eigenvalue weighted by Crippen LogP contribution is -2.21. The minimum atomic E-state index is -4.41. The Hall–Kier alpha value is -4.13. The second-order valence-electron chi connectivity index (χ2n) is 8.57. The predicted octanol–water partition coefficient (Wildman–Crippen LogP) is 7.01. The average molecular weight is 490 g/mol. The van der Waals surface area contributed by atoms with Crippen molar-refractivity contribution in [2.75, 3.05) is 23.8 Å². The second-order valence-corrected chi connectivity index (χ2v) is 8.57. The molecule has 0 bridgehead atoms. The molecule has 7 heteroatoms. The minimum absolute atomic E-state index is 0.332. The van der Waals surface area contributed by atoms with Gasteiger partial charge < -0.3 is 10.2 Å². The molecule has 4 nitrogen and oxygen atoms in total. The number of aromatic nitrogens is 1. The van der Waals surface area contributed by atoms with Crippen LogP contribution in [0.4, 0.5) is 24.5 Å². The fourth-order valence-corrected chi connectivity index (χ4v) is 4.08. The minimum Gasteiger partial charge on any atom is -0.374 e. The molecule has 0 atom stereocenters. The first-order valence-corrected chi connectivity index (χ1v) is 11.5. The number of carbonyl (C=O) groups excluding carboxylic acids is 1. The standard InChI is InChI=1S/C29H26F3N3O/c1-20-19-24(14-15-27(20)35(2)18-16-23-7-5-6-17-33-23)34-28(36)26-9-4-3-8-25(26)21-10-12-22(13-11-21)29(30,31)32/h3-15,17,19H,16,18H2,1-2H3,(H,34,36). The highest BCUT2D eigenvalue weighted by Gasteiger charge is 2.30. The lowest BCUT2D eigenvalue weighted by atomic mass is 9.98. The number of pyridine rings is 1. The van der Waals surface area contributed by atoms with Gasteiger partial charge in [0.05, 0.1) is 5.56 Å². The van der Waals surface area contributed by atoms with Gasteiger partial charge in [0.15, 0.2) is 0 Å². The van der Waals surface area contributed by atoms with Crippen LogP contribution in [-0.4, -0.2) is 24.5 Å². The second kappa shape index (κ2) is 10.6. The first kappa shape index (κ1) is 25.0. The molecule has 4 aromatic rings. The fraction of sp³-hybridized carbons (Fsp3) is 0.172. The highest BCUT2D eigenvalue weighted by atomic mass is 19.4. The molecule has 0 aliphatic rings. The lowest BCUT2D eigenvalue weighted by molar-refractivity contribution is -0.137. The molecule has 1 N–H and O–H groups in total. The van der Waals surface area contributed by atoms with E-state index >= 15 is 0 Å². The third kappa shape index (κ3) is 5.92. The smallest absolute Gasteiger partial charge is 0.374 e. The molecule has 0 unspecified atom stereocenters. The number of hydrogen-bond acceptors (Lipinski definition) is 3. The van der Waals surface area contributed by atoms with Crippen LogP contribution in [0, 0.1) is 6.92 Å². The first-order chi connectivity index (χ1) is 17.2. The van der Waals surface area contributed by atoms with Crippen molar-refractivity contribution in [3.8, 4) is 11.1 Å². The van der Waals surface area contributed by atoms with E-state index in [9.17, 15) is 18.0 Å². The van der Waals surface area contributed by atoms with Crippen LogP contribution in [0.15, 0.2) is 91.1 Å². The quantitative estimate of drug-likeness (QED) is 0.304. The van der Waals surface area contributed by atoms with Crippen molar-refractivity contribution < 1.29 is 18.0 Å². The number of nitrogens with zero attached hydrogens (tertiary/aromatic N) is 2. The first-order valence-electron chi connectivity index (χ1n) is 11.5. The number of hydrogen-bond donors (Lipinski definition) is 1. The van der Waals surface area contributed by atoms with Crippen LogP contribution >= 0.6 is 0 Å². The zero-order chi connectivity index (χ0) is 25.7. The molecule has 0 aliphatic heterocycles. The van der Waals surface area contributed by atoms with Crippen LogP contribution in [0.25, 0.3) is 11.1 Å². The maximum atomic E-state index is 13.1. The molecular weight excluding hydrogens is 463 g/mol. The van der Waals surface area contributed by atoms with Crippen LogP contribution in [0.5, 0.6) is 0 Å². The summed E-state index contributed by atoms with van der Waals surface area (Å²) < 4.78 is 38.8. The van der Waals surface area contributed by atoms with Crippen molar-refractivity contribution in [2.45, 2.75) is 19.5 Å². The molecule has 1 amide bonds. The highest BCUT2D eigenvalue weighted by molar-refractivity contribution is 6.08. The molecule has 4 rings (SSSR count). The number of alkyl halides is 3. The Kier molecular flexibility index (Phi) is 7.38. The van der Waals surface area contributed by atoms with Gasteiger partial charge >= 0.3 is 6.18 Å². The van der Waals surface area contributed by atoms with Gasteiger partial charge in [-0.2, -0.15) is 13.2 Å². The number of benzene rings is 3. The molecule has 3 aromatic carbocycles. The van der Waals surface area contributed by atoms with E-state index in [4.69, 9.17) is 0 Å². The van der Waals surface area contributed by atoms with Gasteiger partial charge in [0, 0.05) is 48.8 Å². The lowest BCUT2D eigenvalue weighted by Gasteiger charge is -2.22. The van der Waals surface area contributed by atoms with Gasteiger partial charge in [-0.05, 0) is 72.1 Å². The Labute approximate surface area is 208 Å². The van der Waals surface area contributed by atoms with Crippen molar-refractivity contribution in [1.82, 2.24) is 4.98 Å². The van der Waals surface area contributed by atoms with Gasteiger partial charge in [-0.25, -0.2) is 0 Å². The Bertz CT molecular complexity index is 1340. The molecule has 0 fully saturated rings. The summed E-state index contributed by atoms with van der Waals surface area (Å²) in [5, 5.41) is 2.92. The van der Waals surface area contributed by atoms with E-state index in [-0.39, 0.29) is 5.91 Å². The molecule has 0 saturated heterocycles. The largest absolute Gasteiger partial charge is 0.416 e. The third-order valence-electron chi connectivity index (χ3n) is 5.99. The van der Waals surface area contributed by atoms with Crippen LogP contribution < -0.4 is 10.2 Å². The van der Waals surface area contributed by atoms with E-state index in [1.165, 1.54) is 12.1 Å². The van der Waals surface area contributed by atoms with Gasteiger partial charge in [-0.15, -0.1) is 0 Å². The van der Waals surface area contributed by atoms with E-state index in [0.29, 0.717) is 22.4 Å². The Morgan fingerprint density at radius 1 is 0.944 bits per heavy atom. The predicted molar refractivity (Wildman–Crippen MR) is 137 cm³/mol. The number of carbonyl (C=O) groups is 1. The van der Waals surface area contributed by atoms with E-state index < -0.39 is 11.7 Å². The number of halogens is 3. The van der Waals surface area contributed by atoms with Gasteiger partial charge in [-0.3, -0.25) is 9.78 Å². The summed E-state index contributed by atoms with van der Waals surface area (Å²) in [6.45, 7) is 2.78. The van der Waals surface area contributed by atoms with Crippen molar-refractivity contribution >= 4 is 17.3 Å². The summed E-state index contributed by atoms with van der Waals surface area (Å²) in [5.41, 5.74) is 4.47. The third-order valence-corrected chi connectivity index (χ3v) is 5.99. The molecule has 184 valence electrons. The van der Waals surface area contributed by atoms with Crippen molar-refractivity contribution in [3.05, 3.63) is 114 Å². The van der Waals surface area contributed by atoms with Gasteiger partial charge in [0.1, 0.15) is 0 Å². The van der Waals surface area contributed by atoms with Gasteiger partial charge in [-0.1, -0.05) is 36.4 Å². The van der Waals surface area contributed by atoms with E-state index in [2.05, 4.69) is 15.2 Å². The van der Waals surface area contributed by atoms with E-state index in [1.807, 2.05) is 50.4 Å². The molecule has 0 radical (unpaired) electrons. The number of aryl methyl sites for hydroxylation is 1. The normalized spacial score (nSPS) is 11.2.